The van der Waals surface area contributed by atoms with Crippen LogP contribution in [0.25, 0.3) is 0 Å². The fourth-order valence-electron chi connectivity index (χ4n) is 3.80. The van der Waals surface area contributed by atoms with Crippen molar-refractivity contribution in [2.24, 2.45) is 0 Å². The number of carbonyl (C=O) groups is 3. The Labute approximate surface area is 166 Å². The van der Waals surface area contributed by atoms with Crippen LogP contribution in [0.4, 0.5) is 11.4 Å². The molecule has 28 heavy (non-hydrogen) atoms. The standard InChI is InChI=1S/C20H21N3O4S/c1-27-16(13-4-6-28-11-13)10-21-19(25)20(26)22-15-7-12-3-2-5-23-17(24)9-14(8-15)18(12)23/h4,6-8,11,16H,2-3,5,9-10H2,1H3,(H,21,25)(H,22,26)/t16-/m0/s1. The average molecular weight is 399 g/mol. The quantitative estimate of drug-likeness (QED) is 0.753. The van der Waals surface area contributed by atoms with E-state index >= 15 is 0 Å². The van der Waals surface area contributed by atoms with Gasteiger partial charge in [0.2, 0.25) is 5.91 Å². The number of aryl methyl sites for hydroxylation is 1. The maximum absolute atomic E-state index is 12.3. The fourth-order valence-corrected chi connectivity index (χ4v) is 4.50. The third kappa shape index (κ3) is 3.53. The van der Waals surface area contributed by atoms with E-state index in [0.717, 1.165) is 41.8 Å². The molecule has 3 heterocycles. The molecule has 8 heteroatoms. The third-order valence-electron chi connectivity index (χ3n) is 5.12. The molecule has 7 nitrogen and oxygen atoms in total. The molecule has 1 aromatic carbocycles. The van der Waals surface area contributed by atoms with Crippen LogP contribution in [0.5, 0.6) is 0 Å². The van der Waals surface area contributed by atoms with Crippen molar-refractivity contribution in [1.82, 2.24) is 5.32 Å². The Bertz CT molecular complexity index is 926. The second-order valence-corrected chi connectivity index (χ2v) is 7.69. The van der Waals surface area contributed by atoms with Gasteiger partial charge in [0.05, 0.1) is 12.1 Å². The van der Waals surface area contributed by atoms with Crippen LogP contribution in [-0.4, -0.2) is 37.9 Å². The number of methoxy groups -OCH3 is 1. The minimum absolute atomic E-state index is 0.0937. The van der Waals surface area contributed by atoms with Crippen LogP contribution in [0.2, 0.25) is 0 Å². The highest BCUT2D eigenvalue weighted by Gasteiger charge is 2.32. The van der Waals surface area contributed by atoms with Gasteiger partial charge in [-0.2, -0.15) is 11.3 Å². The number of benzene rings is 1. The monoisotopic (exact) mass is 399 g/mol. The zero-order valence-electron chi connectivity index (χ0n) is 15.5. The molecular formula is C20H21N3O4S. The predicted octanol–water partition coefficient (Wildman–Crippen LogP) is 2.03. The van der Waals surface area contributed by atoms with Crippen LogP contribution in [0.3, 0.4) is 0 Å². The largest absolute Gasteiger partial charge is 0.375 e. The molecule has 1 aromatic heterocycles. The minimum Gasteiger partial charge on any atom is -0.375 e. The lowest BCUT2D eigenvalue weighted by atomic mass is 9.99. The van der Waals surface area contributed by atoms with Gasteiger partial charge >= 0.3 is 11.8 Å². The van der Waals surface area contributed by atoms with Crippen LogP contribution >= 0.6 is 11.3 Å². The Kier molecular flexibility index (Phi) is 5.15. The van der Waals surface area contributed by atoms with Gasteiger partial charge in [0.1, 0.15) is 6.10 Å². The third-order valence-corrected chi connectivity index (χ3v) is 5.82. The minimum atomic E-state index is -0.732. The maximum Gasteiger partial charge on any atom is 0.313 e. The maximum atomic E-state index is 12.3. The summed E-state index contributed by atoms with van der Waals surface area (Å²) in [6.45, 7) is 0.954. The molecule has 4 rings (SSSR count). The van der Waals surface area contributed by atoms with Crippen molar-refractivity contribution in [1.29, 1.82) is 0 Å². The second-order valence-electron chi connectivity index (χ2n) is 6.91. The molecule has 0 bridgehead atoms. The summed E-state index contributed by atoms with van der Waals surface area (Å²) in [6, 6.07) is 5.57. The average Bonchev–Trinajstić information content (AvgIpc) is 3.32. The molecule has 2 aromatic rings. The summed E-state index contributed by atoms with van der Waals surface area (Å²) in [5.41, 5.74) is 4.45. The van der Waals surface area contributed by atoms with Gasteiger partial charge in [-0.05, 0) is 58.5 Å². The summed E-state index contributed by atoms with van der Waals surface area (Å²) in [6.07, 6.45) is 1.80. The van der Waals surface area contributed by atoms with E-state index in [4.69, 9.17) is 4.74 Å². The van der Waals surface area contributed by atoms with Crippen molar-refractivity contribution >= 4 is 40.4 Å². The van der Waals surface area contributed by atoms with E-state index in [1.54, 1.807) is 24.5 Å². The van der Waals surface area contributed by atoms with E-state index < -0.39 is 11.8 Å². The lowest BCUT2D eigenvalue weighted by molar-refractivity contribution is -0.136. The van der Waals surface area contributed by atoms with Crippen molar-refractivity contribution < 1.29 is 19.1 Å². The van der Waals surface area contributed by atoms with Gasteiger partial charge in [-0.15, -0.1) is 0 Å². The van der Waals surface area contributed by atoms with E-state index in [2.05, 4.69) is 10.6 Å². The van der Waals surface area contributed by atoms with Gasteiger partial charge in [0, 0.05) is 25.9 Å². The zero-order valence-corrected chi connectivity index (χ0v) is 16.3. The van der Waals surface area contributed by atoms with Gasteiger partial charge in [-0.3, -0.25) is 14.4 Å². The van der Waals surface area contributed by atoms with E-state index in [0.29, 0.717) is 12.1 Å². The number of amides is 3. The lowest BCUT2D eigenvalue weighted by Gasteiger charge is -2.26. The van der Waals surface area contributed by atoms with Gasteiger partial charge in [-0.25, -0.2) is 0 Å². The number of hydrogen-bond acceptors (Lipinski definition) is 5. The lowest BCUT2D eigenvalue weighted by Crippen LogP contribution is -2.38. The summed E-state index contributed by atoms with van der Waals surface area (Å²) in [5, 5.41) is 9.15. The van der Waals surface area contributed by atoms with Crippen LogP contribution in [0.15, 0.2) is 29.0 Å². The van der Waals surface area contributed by atoms with Crippen LogP contribution in [-0.2, 0) is 32.0 Å². The number of carbonyl (C=O) groups excluding carboxylic acids is 3. The molecule has 0 spiro atoms. The highest BCUT2D eigenvalue weighted by atomic mass is 32.1. The van der Waals surface area contributed by atoms with Crippen molar-refractivity contribution in [2.75, 3.05) is 30.4 Å². The van der Waals surface area contributed by atoms with Crippen LogP contribution in [0, 0.1) is 0 Å². The Hall–Kier alpha value is -2.71. The molecule has 3 amide bonds. The topological polar surface area (TPSA) is 87.7 Å². The number of ether oxygens (including phenoxy) is 1. The number of anilines is 2. The number of nitrogens with one attached hydrogen (secondary N) is 2. The first kappa shape index (κ1) is 18.6. The molecule has 2 N–H and O–H groups in total. The molecule has 146 valence electrons. The number of rotatable bonds is 5. The molecule has 2 aliphatic rings. The smallest absolute Gasteiger partial charge is 0.313 e. The molecular weight excluding hydrogens is 378 g/mol. The van der Waals surface area contributed by atoms with Gasteiger partial charge in [-0.1, -0.05) is 0 Å². The van der Waals surface area contributed by atoms with Gasteiger partial charge in [0.25, 0.3) is 0 Å². The first-order valence-electron chi connectivity index (χ1n) is 9.17. The Morgan fingerprint density at radius 3 is 2.86 bits per heavy atom. The summed E-state index contributed by atoms with van der Waals surface area (Å²) in [7, 11) is 1.56. The highest BCUT2D eigenvalue weighted by Crippen LogP contribution is 2.38. The highest BCUT2D eigenvalue weighted by molar-refractivity contribution is 7.07. The van der Waals surface area contributed by atoms with E-state index in [1.165, 1.54) is 0 Å². The van der Waals surface area contributed by atoms with Crippen molar-refractivity contribution in [3.8, 4) is 0 Å². The Morgan fingerprint density at radius 2 is 2.11 bits per heavy atom. The molecule has 2 aliphatic heterocycles. The molecule has 0 radical (unpaired) electrons. The number of nitrogens with zero attached hydrogens (tertiary/aromatic N) is 1. The molecule has 0 saturated carbocycles. The number of thiophene rings is 1. The normalized spacial score (nSPS) is 15.9. The van der Waals surface area contributed by atoms with Crippen molar-refractivity contribution in [2.45, 2.75) is 25.4 Å². The van der Waals surface area contributed by atoms with E-state index in [-0.39, 0.29) is 18.6 Å². The summed E-state index contributed by atoms with van der Waals surface area (Å²) in [5.74, 6) is -1.36. The second kappa shape index (κ2) is 7.73. The SMILES string of the molecule is CO[C@@H](CNC(=O)C(=O)Nc1cc2c3c(c1)CC(=O)N3CCC2)c1ccsc1. The molecule has 0 saturated heterocycles. The summed E-state index contributed by atoms with van der Waals surface area (Å²) in [4.78, 5) is 38.5. The summed E-state index contributed by atoms with van der Waals surface area (Å²) >= 11 is 1.54. The molecule has 0 unspecified atom stereocenters. The van der Waals surface area contributed by atoms with Crippen LogP contribution in [0.1, 0.15) is 29.2 Å². The summed E-state index contributed by atoms with van der Waals surface area (Å²) < 4.78 is 5.37. The van der Waals surface area contributed by atoms with E-state index in [9.17, 15) is 14.4 Å². The van der Waals surface area contributed by atoms with Crippen LogP contribution < -0.4 is 15.5 Å². The Balaban J connectivity index is 1.41. The first-order valence-corrected chi connectivity index (χ1v) is 10.1. The van der Waals surface area contributed by atoms with Gasteiger partial charge < -0.3 is 20.3 Å². The molecule has 0 aliphatic carbocycles. The van der Waals surface area contributed by atoms with E-state index in [1.807, 2.05) is 27.8 Å². The molecule has 1 atom stereocenters. The van der Waals surface area contributed by atoms with Gasteiger partial charge in [0.15, 0.2) is 0 Å². The predicted molar refractivity (Wildman–Crippen MR) is 107 cm³/mol. The first-order chi connectivity index (χ1) is 13.6. The van der Waals surface area contributed by atoms with Crippen molar-refractivity contribution in [3.05, 3.63) is 45.6 Å². The van der Waals surface area contributed by atoms with Crippen molar-refractivity contribution in [3.63, 3.8) is 0 Å². The fraction of sp³-hybridized carbons (Fsp3) is 0.350. The molecule has 0 fully saturated rings. The zero-order chi connectivity index (χ0) is 19.7. The number of hydrogen-bond donors (Lipinski definition) is 2. The Morgan fingerprint density at radius 1 is 1.29 bits per heavy atom.